The summed E-state index contributed by atoms with van der Waals surface area (Å²) < 4.78 is 39.6. The van der Waals surface area contributed by atoms with Crippen molar-refractivity contribution in [3.05, 3.63) is 21.9 Å². The Balaban J connectivity index is 2.01. The molecule has 148 valence electrons. The molecule has 10 heteroatoms. The Morgan fingerprint density at radius 1 is 1.19 bits per heavy atom. The van der Waals surface area contributed by atoms with E-state index in [-0.39, 0.29) is 6.04 Å². The molecule has 0 aromatic carbocycles. The van der Waals surface area contributed by atoms with Crippen LogP contribution in [0, 0.1) is 0 Å². The van der Waals surface area contributed by atoms with E-state index in [2.05, 4.69) is 34.1 Å². The number of alkyl halides is 3. The van der Waals surface area contributed by atoms with Gasteiger partial charge >= 0.3 is 6.18 Å². The molecule has 1 fully saturated rings. The highest BCUT2D eigenvalue weighted by Gasteiger charge is 2.33. The van der Waals surface area contributed by atoms with Crippen LogP contribution in [0.2, 0.25) is 0 Å². The molecule has 26 heavy (non-hydrogen) atoms. The van der Waals surface area contributed by atoms with Gasteiger partial charge in [0, 0.05) is 38.8 Å². The van der Waals surface area contributed by atoms with E-state index in [0.717, 1.165) is 38.8 Å². The fraction of sp³-hybridized carbons (Fsp3) is 0.688. The van der Waals surface area contributed by atoms with Crippen LogP contribution in [0.15, 0.2) is 32.4 Å². The van der Waals surface area contributed by atoms with Gasteiger partial charge in [-0.25, -0.2) is 5.01 Å². The molecule has 1 unspecified atom stereocenters. The van der Waals surface area contributed by atoms with Crippen molar-refractivity contribution in [3.8, 4) is 0 Å². The number of nitrogens with zero attached hydrogens (tertiary/aromatic N) is 5. The van der Waals surface area contributed by atoms with Crippen LogP contribution in [0.1, 0.15) is 20.8 Å². The molecule has 0 aromatic rings. The zero-order chi connectivity index (χ0) is 19.3. The van der Waals surface area contributed by atoms with Crippen LogP contribution in [0.25, 0.3) is 0 Å². The number of piperazine rings is 1. The van der Waals surface area contributed by atoms with Crippen LogP contribution in [-0.4, -0.2) is 69.3 Å². The maximum atomic E-state index is 12.8. The van der Waals surface area contributed by atoms with Crippen LogP contribution in [-0.2, 0) is 0 Å². The van der Waals surface area contributed by atoms with Crippen LogP contribution in [0.4, 0.5) is 13.2 Å². The summed E-state index contributed by atoms with van der Waals surface area (Å²) >= 11 is -1.25. The summed E-state index contributed by atoms with van der Waals surface area (Å²) in [6.45, 7) is 11.1. The Labute approximate surface area is 162 Å². The third-order valence-corrected chi connectivity index (χ3v) is 7.04. The first-order valence-electron chi connectivity index (χ1n) is 8.54. The Hall–Kier alpha value is -1.01. The number of nitrogens with two attached hydrogens (primary N) is 1. The van der Waals surface area contributed by atoms with E-state index in [0.29, 0.717) is 11.7 Å². The average Bonchev–Trinajstić information content (AvgIpc) is 2.59. The minimum atomic E-state index is -4.26. The first-order chi connectivity index (χ1) is 12.2. The number of hydrogen-bond donors (Lipinski definition) is 1. The standard InChI is InChI=1S/C16H26F3IN6/c1-12(2)25-8-6-24(7-9-25)11-13(3)26(23-22-21)14-4-5-15(20-10-14)16(17,18)19/h4-5,10,12-13H,6-9,11H2,1-3H3,(H2,21,23). The largest absolute Gasteiger partial charge is 0.421 e. The van der Waals surface area contributed by atoms with Crippen molar-refractivity contribution in [2.75, 3.05) is 32.7 Å². The van der Waals surface area contributed by atoms with Gasteiger partial charge in [0.05, 0.1) is 15.2 Å². The smallest absolute Gasteiger partial charge is 0.303 e. The van der Waals surface area contributed by atoms with E-state index in [1.165, 1.54) is 6.08 Å². The maximum Gasteiger partial charge on any atom is 0.421 e. The highest BCUT2D eigenvalue weighted by molar-refractivity contribution is 14.2. The highest BCUT2D eigenvalue weighted by Crippen LogP contribution is 2.30. The molecule has 0 amide bonds. The van der Waals surface area contributed by atoms with Crippen molar-refractivity contribution in [1.82, 2.24) is 14.8 Å². The summed E-state index contributed by atoms with van der Waals surface area (Å²) in [5.74, 6) is 5.22. The number of allylic oxidation sites excluding steroid dienone is 2. The molecule has 2 heterocycles. The second-order valence-electron chi connectivity index (χ2n) is 6.65. The zero-order valence-corrected chi connectivity index (χ0v) is 17.4. The molecule has 0 spiro atoms. The lowest BCUT2D eigenvalue weighted by Crippen LogP contribution is -2.51. The molecule has 0 aliphatic carbocycles. The lowest BCUT2D eigenvalue weighted by Gasteiger charge is -2.39. The quantitative estimate of drug-likeness (QED) is 0.272. The zero-order valence-electron chi connectivity index (χ0n) is 15.2. The molecular formula is C16H26F3IN6. The van der Waals surface area contributed by atoms with Gasteiger partial charge in [-0.2, -0.15) is 13.2 Å². The first kappa shape index (κ1) is 21.3. The average molecular weight is 486 g/mol. The van der Waals surface area contributed by atoms with Gasteiger partial charge in [0.1, 0.15) is 0 Å². The van der Waals surface area contributed by atoms with E-state index >= 15 is 0 Å². The van der Waals surface area contributed by atoms with Crippen molar-refractivity contribution in [3.63, 3.8) is 0 Å². The Bertz CT molecular complexity index is 591. The molecular weight excluding hydrogens is 460 g/mol. The molecule has 2 N–H and O–H groups in total. The molecule has 0 bridgehead atoms. The molecule has 2 aliphatic heterocycles. The van der Waals surface area contributed by atoms with Crippen molar-refractivity contribution in [1.29, 1.82) is 0 Å². The van der Waals surface area contributed by atoms with Gasteiger partial charge in [0.25, 0.3) is 0 Å². The Kier molecular flexibility index (Phi) is 7.59. The van der Waals surface area contributed by atoms with Crippen molar-refractivity contribution < 1.29 is 13.2 Å². The maximum absolute atomic E-state index is 12.8. The third-order valence-electron chi connectivity index (χ3n) is 4.44. The van der Waals surface area contributed by atoms with Crippen LogP contribution < -0.4 is 5.84 Å². The monoisotopic (exact) mass is 486 g/mol. The third kappa shape index (κ3) is 5.74. The molecule has 0 aromatic heterocycles. The summed E-state index contributed by atoms with van der Waals surface area (Å²) in [4.78, 5) is 4.78. The number of hydrogen-bond acceptors (Lipinski definition) is 4. The van der Waals surface area contributed by atoms with Crippen LogP contribution in [0.3, 0.4) is 0 Å². The van der Waals surface area contributed by atoms with Gasteiger partial charge in [0.2, 0.25) is 0 Å². The molecule has 0 saturated carbocycles. The second kappa shape index (κ2) is 9.27. The van der Waals surface area contributed by atoms with Crippen molar-refractivity contribution in [2.24, 2.45) is 16.3 Å². The van der Waals surface area contributed by atoms with E-state index in [4.69, 9.17) is 5.84 Å². The van der Waals surface area contributed by atoms with Gasteiger partial charge in [-0.15, -0.1) is 0 Å². The minimum Gasteiger partial charge on any atom is -0.303 e. The SMILES string of the molecule is CC(C)N1CCN(CC(C)N(/N=N\N)C2=CI=C(C(F)(F)F)C=C2)CC1. The molecule has 2 rings (SSSR count). The van der Waals surface area contributed by atoms with Gasteiger partial charge < -0.3 is 5.84 Å². The molecule has 6 nitrogen and oxygen atoms in total. The normalized spacial score (nSPS) is 21.5. The predicted octanol–water partition coefficient (Wildman–Crippen LogP) is 3.06. The summed E-state index contributed by atoms with van der Waals surface area (Å²) in [6, 6.07) is 0.498. The van der Waals surface area contributed by atoms with Crippen molar-refractivity contribution in [2.45, 2.75) is 39.0 Å². The summed E-state index contributed by atoms with van der Waals surface area (Å²) in [5.41, 5.74) is 0.633. The van der Waals surface area contributed by atoms with E-state index in [1.807, 2.05) is 6.92 Å². The molecule has 1 atom stereocenters. The Morgan fingerprint density at radius 2 is 1.85 bits per heavy atom. The summed E-state index contributed by atoms with van der Waals surface area (Å²) in [7, 11) is 0. The topological polar surface area (TPSA) is 60.5 Å². The lowest BCUT2D eigenvalue weighted by molar-refractivity contribution is -0.0549. The van der Waals surface area contributed by atoms with E-state index < -0.39 is 30.4 Å². The molecule has 1 saturated heterocycles. The molecule has 0 radical (unpaired) electrons. The van der Waals surface area contributed by atoms with Crippen molar-refractivity contribution >= 4 is 24.2 Å². The summed E-state index contributed by atoms with van der Waals surface area (Å²) in [6.07, 6.45) is -1.66. The van der Waals surface area contributed by atoms with Gasteiger partial charge in [0.15, 0.2) is 0 Å². The van der Waals surface area contributed by atoms with Gasteiger partial charge in [-0.05, 0) is 42.2 Å². The number of rotatable bonds is 6. The Morgan fingerprint density at radius 3 is 2.31 bits per heavy atom. The van der Waals surface area contributed by atoms with Gasteiger partial charge in [-0.3, -0.25) is 9.80 Å². The number of halogens is 4. The van der Waals surface area contributed by atoms with E-state index in [1.54, 1.807) is 9.09 Å². The predicted molar refractivity (Wildman–Crippen MR) is 106 cm³/mol. The fourth-order valence-electron chi connectivity index (χ4n) is 2.99. The fourth-order valence-corrected chi connectivity index (χ4v) is 4.88. The first-order valence-corrected chi connectivity index (χ1v) is 10.9. The molecule has 2 aliphatic rings. The van der Waals surface area contributed by atoms with Crippen LogP contribution in [0.5, 0.6) is 0 Å². The van der Waals surface area contributed by atoms with Gasteiger partial charge in [-0.1, -0.05) is 26.0 Å². The lowest BCUT2D eigenvalue weighted by atomic mass is 10.2. The second-order valence-corrected chi connectivity index (χ2v) is 9.06. The minimum absolute atomic E-state index is 0.0414. The summed E-state index contributed by atoms with van der Waals surface area (Å²) in [5, 5.41) is 8.93. The van der Waals surface area contributed by atoms with Crippen LogP contribution >= 0.6 is 20.7 Å². The highest BCUT2D eigenvalue weighted by atomic mass is 127. The van der Waals surface area contributed by atoms with E-state index in [9.17, 15) is 13.2 Å².